The van der Waals surface area contributed by atoms with Crippen LogP contribution in [0.1, 0.15) is 16.2 Å². The Bertz CT molecular complexity index is 629. The molecule has 1 N–H and O–H groups in total. The van der Waals surface area contributed by atoms with E-state index in [2.05, 4.69) is 25.3 Å². The van der Waals surface area contributed by atoms with E-state index in [0.717, 1.165) is 0 Å². The molecule has 0 aliphatic carbocycles. The van der Waals surface area contributed by atoms with Gasteiger partial charge in [-0.05, 0) is 24.6 Å². The Hall–Kier alpha value is -1.50. The van der Waals surface area contributed by atoms with Gasteiger partial charge in [-0.15, -0.1) is 0 Å². The van der Waals surface area contributed by atoms with Crippen LogP contribution < -0.4 is 5.32 Å². The molecule has 2 rings (SSSR count). The molecule has 2 aromatic heterocycles. The van der Waals surface area contributed by atoms with Crippen molar-refractivity contribution in [2.45, 2.75) is 6.92 Å². The molecule has 9 heteroatoms. The van der Waals surface area contributed by atoms with Crippen LogP contribution in [0, 0.1) is 6.92 Å². The summed E-state index contributed by atoms with van der Waals surface area (Å²) in [6.07, 6.45) is 1.18. The molecule has 0 aliphatic rings. The Morgan fingerprint density at radius 1 is 1.21 bits per heavy atom. The lowest BCUT2D eigenvalue weighted by atomic mass is 10.3. The predicted octanol–water partition coefficient (Wildman–Crippen LogP) is 2.79. The monoisotopic (exact) mass is 317 g/mol. The second kappa shape index (κ2) is 5.64. The standard InChI is InChI=1S/C10H6Cl3N5O/c1-4-2-5(17-10(13)16-4)9(19)18-8-6(11)7(12)14-3-15-8/h2-3H,1H3,(H,14,15,18,19). The van der Waals surface area contributed by atoms with Crippen molar-refractivity contribution in [3.05, 3.63) is 39.2 Å². The molecule has 0 aromatic carbocycles. The summed E-state index contributed by atoms with van der Waals surface area (Å²) < 4.78 is 0. The third-order valence-corrected chi connectivity index (χ3v) is 2.95. The first-order chi connectivity index (χ1) is 8.97. The number of hydrogen-bond acceptors (Lipinski definition) is 5. The third-order valence-electron chi connectivity index (χ3n) is 2.04. The van der Waals surface area contributed by atoms with Crippen LogP contribution in [0.25, 0.3) is 0 Å². The molecule has 98 valence electrons. The van der Waals surface area contributed by atoms with Gasteiger partial charge in [0.1, 0.15) is 17.0 Å². The molecule has 2 aromatic rings. The highest BCUT2D eigenvalue weighted by atomic mass is 35.5. The van der Waals surface area contributed by atoms with Crippen LogP contribution in [-0.4, -0.2) is 25.8 Å². The first-order valence-corrected chi connectivity index (χ1v) is 6.09. The Morgan fingerprint density at radius 2 is 1.95 bits per heavy atom. The number of halogens is 3. The maximum absolute atomic E-state index is 12.0. The van der Waals surface area contributed by atoms with Gasteiger partial charge in [-0.1, -0.05) is 23.2 Å². The maximum Gasteiger partial charge on any atom is 0.275 e. The van der Waals surface area contributed by atoms with E-state index in [9.17, 15) is 4.79 Å². The van der Waals surface area contributed by atoms with Gasteiger partial charge in [0.05, 0.1) is 0 Å². The number of hydrogen-bond donors (Lipinski definition) is 1. The Balaban J connectivity index is 2.28. The summed E-state index contributed by atoms with van der Waals surface area (Å²) >= 11 is 17.2. The van der Waals surface area contributed by atoms with Crippen LogP contribution in [0.2, 0.25) is 15.5 Å². The Labute approximate surface area is 123 Å². The highest BCUT2D eigenvalue weighted by Crippen LogP contribution is 2.25. The number of nitrogens with zero attached hydrogens (tertiary/aromatic N) is 4. The average molecular weight is 319 g/mol. The quantitative estimate of drug-likeness (QED) is 0.680. The summed E-state index contributed by atoms with van der Waals surface area (Å²) in [7, 11) is 0. The molecule has 0 bridgehead atoms. The number of carbonyl (C=O) groups excluding carboxylic acids is 1. The zero-order valence-electron chi connectivity index (χ0n) is 9.49. The molecular formula is C10H6Cl3N5O. The Morgan fingerprint density at radius 3 is 2.63 bits per heavy atom. The molecule has 0 saturated carbocycles. The van der Waals surface area contributed by atoms with Gasteiger partial charge in [0, 0.05) is 5.69 Å². The van der Waals surface area contributed by atoms with Crippen LogP contribution in [0.4, 0.5) is 5.82 Å². The smallest absolute Gasteiger partial charge is 0.275 e. The van der Waals surface area contributed by atoms with E-state index in [1.165, 1.54) is 12.4 Å². The van der Waals surface area contributed by atoms with Gasteiger partial charge < -0.3 is 5.32 Å². The number of nitrogens with one attached hydrogen (secondary N) is 1. The summed E-state index contributed by atoms with van der Waals surface area (Å²) in [5.74, 6) is -0.428. The molecule has 0 spiro atoms. The molecule has 2 heterocycles. The number of aromatic nitrogens is 4. The molecule has 0 unspecified atom stereocenters. The third kappa shape index (κ3) is 3.28. The molecule has 6 nitrogen and oxygen atoms in total. The summed E-state index contributed by atoms with van der Waals surface area (Å²) in [5, 5.41) is 2.55. The molecule has 0 atom stereocenters. The van der Waals surface area contributed by atoms with Gasteiger partial charge in [-0.2, -0.15) is 0 Å². The minimum atomic E-state index is -0.524. The van der Waals surface area contributed by atoms with Crippen molar-refractivity contribution in [3.63, 3.8) is 0 Å². The largest absolute Gasteiger partial charge is 0.304 e. The van der Waals surface area contributed by atoms with E-state index in [0.29, 0.717) is 5.69 Å². The zero-order valence-corrected chi connectivity index (χ0v) is 11.8. The number of rotatable bonds is 2. The van der Waals surface area contributed by atoms with Crippen LogP contribution >= 0.6 is 34.8 Å². The minimum absolute atomic E-state index is 0.0167. The zero-order chi connectivity index (χ0) is 14.0. The van der Waals surface area contributed by atoms with E-state index in [4.69, 9.17) is 34.8 Å². The van der Waals surface area contributed by atoms with Crippen LogP contribution in [0.5, 0.6) is 0 Å². The van der Waals surface area contributed by atoms with Crippen molar-refractivity contribution in [3.8, 4) is 0 Å². The fraction of sp³-hybridized carbons (Fsp3) is 0.100. The topological polar surface area (TPSA) is 80.7 Å². The van der Waals surface area contributed by atoms with E-state index < -0.39 is 5.91 Å². The van der Waals surface area contributed by atoms with Crippen LogP contribution in [-0.2, 0) is 0 Å². The van der Waals surface area contributed by atoms with Crippen LogP contribution in [0.15, 0.2) is 12.4 Å². The first-order valence-electron chi connectivity index (χ1n) is 4.96. The summed E-state index contributed by atoms with van der Waals surface area (Å²) in [4.78, 5) is 27.1. The van der Waals surface area contributed by atoms with E-state index in [1.807, 2.05) is 0 Å². The van der Waals surface area contributed by atoms with Crippen molar-refractivity contribution in [2.75, 3.05) is 5.32 Å². The lowest BCUT2D eigenvalue weighted by Crippen LogP contribution is -2.16. The average Bonchev–Trinajstić information content (AvgIpc) is 2.33. The van der Waals surface area contributed by atoms with Gasteiger partial charge in [0.25, 0.3) is 5.91 Å². The summed E-state index contributed by atoms with van der Waals surface area (Å²) in [5.41, 5.74) is 0.667. The second-order valence-electron chi connectivity index (χ2n) is 3.44. The highest BCUT2D eigenvalue weighted by Gasteiger charge is 2.14. The highest BCUT2D eigenvalue weighted by molar-refractivity contribution is 6.43. The fourth-order valence-corrected chi connectivity index (χ4v) is 1.76. The Kier molecular flexibility index (Phi) is 4.14. The number of anilines is 1. The van der Waals surface area contributed by atoms with Crippen molar-refractivity contribution < 1.29 is 4.79 Å². The lowest BCUT2D eigenvalue weighted by molar-refractivity contribution is 0.102. The molecule has 19 heavy (non-hydrogen) atoms. The number of carbonyl (C=O) groups is 1. The minimum Gasteiger partial charge on any atom is -0.304 e. The van der Waals surface area contributed by atoms with Crippen molar-refractivity contribution in [1.29, 1.82) is 0 Å². The fourth-order valence-electron chi connectivity index (χ4n) is 1.26. The van der Waals surface area contributed by atoms with Gasteiger partial charge in [-0.25, -0.2) is 19.9 Å². The van der Waals surface area contributed by atoms with Crippen molar-refractivity contribution in [2.24, 2.45) is 0 Å². The number of amides is 1. The molecular weight excluding hydrogens is 313 g/mol. The van der Waals surface area contributed by atoms with Crippen LogP contribution in [0.3, 0.4) is 0 Å². The summed E-state index contributed by atoms with van der Waals surface area (Å²) in [6.45, 7) is 1.69. The predicted molar refractivity (Wildman–Crippen MR) is 71.8 cm³/mol. The number of aryl methyl sites for hydroxylation is 1. The van der Waals surface area contributed by atoms with Gasteiger partial charge in [0.2, 0.25) is 5.28 Å². The van der Waals surface area contributed by atoms with E-state index >= 15 is 0 Å². The van der Waals surface area contributed by atoms with Crippen molar-refractivity contribution in [1.82, 2.24) is 19.9 Å². The van der Waals surface area contributed by atoms with E-state index in [-0.39, 0.29) is 27.0 Å². The lowest BCUT2D eigenvalue weighted by Gasteiger charge is -2.06. The normalized spacial score (nSPS) is 10.3. The van der Waals surface area contributed by atoms with E-state index in [1.54, 1.807) is 6.92 Å². The molecule has 1 amide bonds. The maximum atomic E-state index is 12.0. The summed E-state index contributed by atoms with van der Waals surface area (Å²) in [6, 6.07) is 1.48. The SMILES string of the molecule is Cc1cc(C(=O)Nc2ncnc(Cl)c2Cl)nc(Cl)n1. The second-order valence-corrected chi connectivity index (χ2v) is 4.52. The van der Waals surface area contributed by atoms with Gasteiger partial charge >= 0.3 is 0 Å². The van der Waals surface area contributed by atoms with Gasteiger partial charge in [0.15, 0.2) is 11.0 Å². The molecule has 0 saturated heterocycles. The van der Waals surface area contributed by atoms with Crippen molar-refractivity contribution >= 4 is 46.5 Å². The molecule has 0 radical (unpaired) electrons. The van der Waals surface area contributed by atoms with Gasteiger partial charge in [-0.3, -0.25) is 4.79 Å². The molecule has 0 fully saturated rings. The molecule has 0 aliphatic heterocycles. The first kappa shape index (κ1) is 13.9.